The zero-order valence-corrected chi connectivity index (χ0v) is 14.2. The maximum Gasteiger partial charge on any atom is 0.135 e. The third kappa shape index (κ3) is 2.59. The summed E-state index contributed by atoms with van der Waals surface area (Å²) >= 11 is 6.50. The van der Waals surface area contributed by atoms with Gasteiger partial charge in [0.15, 0.2) is 0 Å². The van der Waals surface area contributed by atoms with Gasteiger partial charge >= 0.3 is 0 Å². The van der Waals surface area contributed by atoms with E-state index in [1.807, 2.05) is 12.3 Å². The molecule has 0 bridgehead atoms. The molecule has 0 amide bonds. The number of piperidine rings is 1. The van der Waals surface area contributed by atoms with Gasteiger partial charge < -0.3 is 26.2 Å². The highest BCUT2D eigenvalue weighted by Gasteiger charge is 2.44. The summed E-state index contributed by atoms with van der Waals surface area (Å²) in [4.78, 5) is 12.7. The lowest BCUT2D eigenvalue weighted by molar-refractivity contribution is 0.0851. The maximum atomic E-state index is 6.50. The number of nitrogens with one attached hydrogen (secondary N) is 2. The predicted octanol–water partition coefficient (Wildman–Crippen LogP) is 1.62. The molecule has 3 aliphatic heterocycles. The first-order chi connectivity index (χ1) is 11.6. The molecule has 24 heavy (non-hydrogen) atoms. The Morgan fingerprint density at radius 1 is 1.33 bits per heavy atom. The fourth-order valence-corrected chi connectivity index (χ4v) is 3.63. The van der Waals surface area contributed by atoms with Crippen molar-refractivity contribution in [3.05, 3.63) is 47.3 Å². The van der Waals surface area contributed by atoms with Gasteiger partial charge in [-0.1, -0.05) is 11.6 Å². The fourth-order valence-electron chi connectivity index (χ4n) is 3.37. The lowest BCUT2D eigenvalue weighted by Gasteiger charge is -2.45. The summed E-state index contributed by atoms with van der Waals surface area (Å²) in [6.45, 7) is 2.09. The van der Waals surface area contributed by atoms with Crippen molar-refractivity contribution in [2.45, 2.75) is 18.5 Å². The second kappa shape index (κ2) is 5.68. The summed E-state index contributed by atoms with van der Waals surface area (Å²) in [5, 5.41) is 7.51. The van der Waals surface area contributed by atoms with Gasteiger partial charge in [-0.25, -0.2) is 9.97 Å². The molecule has 0 radical (unpaired) electrons. The predicted molar refractivity (Wildman–Crippen MR) is 94.6 cm³/mol. The number of hydrogen-bond donors (Lipinski definition) is 3. The van der Waals surface area contributed by atoms with Crippen LogP contribution in [0.4, 0.5) is 11.6 Å². The highest BCUT2D eigenvalue weighted by atomic mass is 35.5. The second-order valence-electron chi connectivity index (χ2n) is 6.41. The van der Waals surface area contributed by atoms with E-state index in [1.54, 1.807) is 6.07 Å². The van der Waals surface area contributed by atoms with Gasteiger partial charge in [-0.15, -0.1) is 0 Å². The molecule has 4 heterocycles. The van der Waals surface area contributed by atoms with Gasteiger partial charge in [-0.05, 0) is 13.1 Å². The van der Waals surface area contributed by atoms with E-state index in [1.165, 1.54) is 6.33 Å². The number of anilines is 2. The molecule has 1 aromatic rings. The van der Waals surface area contributed by atoms with E-state index in [4.69, 9.17) is 17.3 Å². The standard InChI is InChI=1S/C16H20ClN7/c1-23-4-2-16(3-5-23)21-8-13-12(17)6-11(9-24(13)16)22-15-7-14(18)19-10-20-15/h6-10,21H,2-5H2,1H3,(H3,18,19,20,22). The SMILES string of the molecule is CN1CCC2(CC1)NC=C1C(Cl)=CC(Nc3cc(N)ncn3)=CN12. The van der Waals surface area contributed by atoms with Gasteiger partial charge in [-0.2, -0.15) is 0 Å². The Morgan fingerprint density at radius 3 is 2.88 bits per heavy atom. The molecule has 1 spiro atoms. The first-order valence-corrected chi connectivity index (χ1v) is 8.33. The normalized spacial score (nSPS) is 22.4. The number of nitrogens with two attached hydrogens (primary N) is 1. The van der Waals surface area contributed by atoms with Crippen LogP contribution in [0.3, 0.4) is 0 Å². The van der Waals surface area contributed by atoms with Crippen molar-refractivity contribution in [3.8, 4) is 0 Å². The summed E-state index contributed by atoms with van der Waals surface area (Å²) in [5.74, 6) is 1.07. The topological polar surface area (TPSA) is 82.3 Å². The summed E-state index contributed by atoms with van der Waals surface area (Å²) < 4.78 is 0. The molecule has 4 rings (SSSR count). The highest BCUT2D eigenvalue weighted by molar-refractivity contribution is 6.32. The van der Waals surface area contributed by atoms with Gasteiger partial charge in [0.25, 0.3) is 0 Å². The van der Waals surface area contributed by atoms with Crippen LogP contribution in [0, 0.1) is 0 Å². The molecule has 126 valence electrons. The van der Waals surface area contributed by atoms with Gasteiger partial charge in [-0.3, -0.25) is 0 Å². The number of likely N-dealkylation sites (tertiary alicyclic amines) is 1. The van der Waals surface area contributed by atoms with Crippen LogP contribution in [0.2, 0.25) is 0 Å². The number of nitrogens with zero attached hydrogens (tertiary/aromatic N) is 4. The number of nitrogen functional groups attached to an aromatic ring is 1. The smallest absolute Gasteiger partial charge is 0.135 e. The number of allylic oxidation sites excluding steroid dienone is 2. The van der Waals surface area contributed by atoms with Gasteiger partial charge in [0, 0.05) is 44.4 Å². The van der Waals surface area contributed by atoms with E-state index in [9.17, 15) is 0 Å². The number of aromatic nitrogens is 2. The van der Waals surface area contributed by atoms with Crippen LogP contribution in [0.5, 0.6) is 0 Å². The molecule has 0 aromatic carbocycles. The van der Waals surface area contributed by atoms with Crippen molar-refractivity contribution >= 4 is 23.2 Å². The molecule has 0 atom stereocenters. The average molecular weight is 346 g/mol. The summed E-state index contributed by atoms with van der Waals surface area (Å²) in [7, 11) is 2.15. The first-order valence-electron chi connectivity index (χ1n) is 7.95. The van der Waals surface area contributed by atoms with Crippen LogP contribution in [0.15, 0.2) is 47.3 Å². The summed E-state index contributed by atoms with van der Waals surface area (Å²) in [6.07, 6.45) is 9.49. The molecule has 8 heteroatoms. The van der Waals surface area contributed by atoms with E-state index in [0.29, 0.717) is 16.7 Å². The van der Waals surface area contributed by atoms with Gasteiger partial charge in [0.2, 0.25) is 0 Å². The van der Waals surface area contributed by atoms with Gasteiger partial charge in [0.05, 0.1) is 16.4 Å². The number of halogens is 1. The molecular weight excluding hydrogens is 326 g/mol. The molecule has 0 aliphatic carbocycles. The molecule has 4 N–H and O–H groups in total. The van der Waals surface area contributed by atoms with Crippen molar-refractivity contribution in [2.75, 3.05) is 31.2 Å². The van der Waals surface area contributed by atoms with Crippen molar-refractivity contribution in [1.82, 2.24) is 25.1 Å². The van der Waals surface area contributed by atoms with Crippen LogP contribution < -0.4 is 16.4 Å². The molecule has 3 aliphatic rings. The van der Waals surface area contributed by atoms with Crippen molar-refractivity contribution in [2.24, 2.45) is 0 Å². The summed E-state index contributed by atoms with van der Waals surface area (Å²) in [5.41, 5.74) is 7.49. The van der Waals surface area contributed by atoms with Crippen LogP contribution in [-0.4, -0.2) is 45.6 Å². The monoisotopic (exact) mass is 345 g/mol. The number of rotatable bonds is 2. The highest BCUT2D eigenvalue weighted by Crippen LogP contribution is 2.40. The zero-order chi connectivity index (χ0) is 16.7. The molecule has 0 unspecified atom stereocenters. The maximum absolute atomic E-state index is 6.50. The minimum atomic E-state index is -0.103. The third-order valence-electron chi connectivity index (χ3n) is 4.77. The van der Waals surface area contributed by atoms with Crippen LogP contribution >= 0.6 is 11.6 Å². The van der Waals surface area contributed by atoms with Gasteiger partial charge in [0.1, 0.15) is 23.6 Å². The quantitative estimate of drug-likeness (QED) is 0.751. The minimum Gasteiger partial charge on any atom is -0.384 e. The number of hydrogen-bond acceptors (Lipinski definition) is 7. The van der Waals surface area contributed by atoms with E-state index in [-0.39, 0.29) is 5.66 Å². The average Bonchev–Trinajstić information content (AvgIpc) is 2.90. The first kappa shape index (κ1) is 15.3. The largest absolute Gasteiger partial charge is 0.384 e. The molecule has 1 fully saturated rings. The molecular formula is C16H20ClN7. The number of fused-ring (bicyclic) bond motifs is 2. The molecule has 1 aromatic heterocycles. The lowest BCUT2D eigenvalue weighted by Crippen LogP contribution is -2.56. The van der Waals surface area contributed by atoms with Crippen LogP contribution in [0.25, 0.3) is 0 Å². The fraction of sp³-hybridized carbons (Fsp3) is 0.375. The Hall–Kier alpha value is -2.25. The molecule has 0 saturated carbocycles. The van der Waals surface area contributed by atoms with Crippen molar-refractivity contribution < 1.29 is 0 Å². The van der Waals surface area contributed by atoms with Crippen LogP contribution in [0.1, 0.15) is 12.8 Å². The van der Waals surface area contributed by atoms with E-state index in [2.05, 4.69) is 43.6 Å². The van der Waals surface area contributed by atoms with E-state index < -0.39 is 0 Å². The van der Waals surface area contributed by atoms with Crippen LogP contribution in [-0.2, 0) is 0 Å². The lowest BCUT2D eigenvalue weighted by atomic mass is 9.95. The Morgan fingerprint density at radius 2 is 2.12 bits per heavy atom. The summed E-state index contributed by atoms with van der Waals surface area (Å²) in [6, 6.07) is 1.70. The van der Waals surface area contributed by atoms with Crippen molar-refractivity contribution in [3.63, 3.8) is 0 Å². The zero-order valence-electron chi connectivity index (χ0n) is 13.5. The van der Waals surface area contributed by atoms with E-state index in [0.717, 1.165) is 37.3 Å². The Bertz CT molecular complexity index is 747. The Balaban J connectivity index is 1.61. The minimum absolute atomic E-state index is 0.103. The molecule has 7 nitrogen and oxygen atoms in total. The van der Waals surface area contributed by atoms with E-state index >= 15 is 0 Å². The Labute approximate surface area is 145 Å². The van der Waals surface area contributed by atoms with Crippen molar-refractivity contribution in [1.29, 1.82) is 0 Å². The Kier molecular flexibility index (Phi) is 3.62. The second-order valence-corrected chi connectivity index (χ2v) is 6.82. The molecule has 1 saturated heterocycles. The third-order valence-corrected chi connectivity index (χ3v) is 5.07.